The van der Waals surface area contributed by atoms with E-state index in [2.05, 4.69) is 17.4 Å². The molecule has 0 atom stereocenters. The number of benzene rings is 2. The zero-order valence-corrected chi connectivity index (χ0v) is 13.7. The lowest BCUT2D eigenvalue weighted by Gasteiger charge is -2.08. The zero-order valence-electron chi connectivity index (χ0n) is 13.7. The van der Waals surface area contributed by atoms with Crippen LogP contribution in [0.15, 0.2) is 54.6 Å². The summed E-state index contributed by atoms with van der Waals surface area (Å²) < 4.78 is 0. The molecule has 3 rings (SSSR count). The van der Waals surface area contributed by atoms with Crippen molar-refractivity contribution < 1.29 is 15.0 Å². The Morgan fingerprint density at radius 3 is 2.60 bits per heavy atom. The topological polar surface area (TPSA) is 69.6 Å². The maximum atomic E-state index is 12.5. The van der Waals surface area contributed by atoms with Gasteiger partial charge in [0.25, 0.3) is 5.91 Å². The molecule has 4 nitrogen and oxygen atoms in total. The van der Waals surface area contributed by atoms with Crippen molar-refractivity contribution >= 4 is 22.4 Å². The Balaban J connectivity index is 1.68. The van der Waals surface area contributed by atoms with Gasteiger partial charge in [0.2, 0.25) is 0 Å². The smallest absolute Gasteiger partial charge is 0.264 e. The first-order chi connectivity index (χ1) is 12.1. The van der Waals surface area contributed by atoms with Crippen LogP contribution in [-0.2, 0) is 6.42 Å². The number of aliphatic hydroxyl groups is 2. The molecule has 25 heavy (non-hydrogen) atoms. The predicted octanol–water partition coefficient (Wildman–Crippen LogP) is 3.33. The highest BCUT2D eigenvalue weighted by Gasteiger charge is 2.10. The fourth-order valence-corrected chi connectivity index (χ4v) is 2.72. The lowest BCUT2D eigenvalue weighted by atomic mass is 10.1. The molecular weight excluding hydrogens is 314 g/mol. The molecule has 0 aliphatic heterocycles. The molecule has 0 bridgehead atoms. The van der Waals surface area contributed by atoms with Crippen molar-refractivity contribution in [3.63, 3.8) is 0 Å². The summed E-state index contributed by atoms with van der Waals surface area (Å²) in [7, 11) is 0. The van der Waals surface area contributed by atoms with Gasteiger partial charge in [0, 0.05) is 11.1 Å². The second kappa shape index (κ2) is 7.80. The molecule has 0 aromatic heterocycles. The first-order valence-electron chi connectivity index (χ1n) is 8.21. The van der Waals surface area contributed by atoms with E-state index in [1.165, 1.54) is 0 Å². The number of aliphatic hydroxyl groups excluding tert-OH is 1. The number of anilines is 1. The monoisotopic (exact) mass is 333 g/mol. The maximum absolute atomic E-state index is 12.5. The summed E-state index contributed by atoms with van der Waals surface area (Å²) in [5.41, 5.74) is 2.26. The van der Waals surface area contributed by atoms with Gasteiger partial charge < -0.3 is 15.5 Å². The molecule has 0 radical (unpaired) electrons. The fourth-order valence-electron chi connectivity index (χ4n) is 2.72. The Morgan fingerprint density at radius 1 is 1.08 bits per heavy atom. The number of fused-ring (bicyclic) bond motifs is 1. The lowest BCUT2D eigenvalue weighted by Crippen LogP contribution is -2.12. The standard InChI is InChI=1S/C21H19NO3/c23-20(24)10-3-5-15-11-13-17(14-12-15)22-21(25)19-9-4-7-16-6-1-2-8-18(16)19/h1-2,6-8,11-14,20,23-24H,3,5,10H2,(H,22,25). The number of carbonyl (C=O) groups is 1. The molecule has 0 saturated heterocycles. The minimum atomic E-state index is -1.26. The summed E-state index contributed by atoms with van der Waals surface area (Å²) in [6.07, 6.45) is 0.556. The minimum absolute atomic E-state index is 0.218. The summed E-state index contributed by atoms with van der Waals surface area (Å²) in [6.45, 7) is 0. The van der Waals surface area contributed by atoms with E-state index in [9.17, 15) is 4.79 Å². The Hall–Kier alpha value is -2.87. The van der Waals surface area contributed by atoms with Crippen LogP contribution < -0.4 is 5.32 Å². The molecule has 0 spiro atoms. The largest absolute Gasteiger partial charge is 0.368 e. The van der Waals surface area contributed by atoms with E-state index in [0.717, 1.165) is 22.8 Å². The van der Waals surface area contributed by atoms with Crippen molar-refractivity contribution in [3.8, 4) is 0 Å². The molecule has 3 N–H and O–H groups in total. The van der Waals surface area contributed by atoms with Gasteiger partial charge in [-0.1, -0.05) is 48.5 Å². The summed E-state index contributed by atoms with van der Waals surface area (Å²) in [5.74, 6) is -0.218. The second-order valence-corrected chi connectivity index (χ2v) is 5.90. The maximum Gasteiger partial charge on any atom is 0.264 e. The van der Waals surface area contributed by atoms with Crippen LogP contribution in [-0.4, -0.2) is 22.4 Å². The minimum Gasteiger partial charge on any atom is -0.368 e. The number of carbonyl (C=O) groups excluding carboxylic acids is 1. The van der Waals surface area contributed by atoms with Crippen molar-refractivity contribution in [1.29, 1.82) is 0 Å². The number of aryl methyl sites for hydroxylation is 1. The van der Waals surface area contributed by atoms with Crippen LogP contribution >= 0.6 is 0 Å². The summed E-state index contributed by atoms with van der Waals surface area (Å²) in [6, 6.07) is 22.8. The second-order valence-electron chi connectivity index (χ2n) is 5.90. The van der Waals surface area contributed by atoms with E-state index in [1.807, 2.05) is 54.6 Å². The van der Waals surface area contributed by atoms with E-state index in [4.69, 9.17) is 10.2 Å². The van der Waals surface area contributed by atoms with Crippen LogP contribution in [0.25, 0.3) is 10.8 Å². The number of hydrogen-bond donors (Lipinski definition) is 3. The number of amides is 1. The molecule has 0 aliphatic carbocycles. The molecular formula is C21H19NO3. The molecule has 0 fully saturated rings. The van der Waals surface area contributed by atoms with Gasteiger partial charge in [0.1, 0.15) is 0 Å². The van der Waals surface area contributed by atoms with Crippen LogP contribution in [0.1, 0.15) is 28.8 Å². The molecule has 0 heterocycles. The van der Waals surface area contributed by atoms with Gasteiger partial charge >= 0.3 is 0 Å². The highest BCUT2D eigenvalue weighted by Crippen LogP contribution is 2.18. The normalized spacial score (nSPS) is 10.7. The molecule has 4 heteroatoms. The van der Waals surface area contributed by atoms with Gasteiger partial charge in [-0.2, -0.15) is 0 Å². The molecule has 126 valence electrons. The van der Waals surface area contributed by atoms with Crippen LogP contribution in [0, 0.1) is 12.1 Å². The predicted molar refractivity (Wildman–Crippen MR) is 97.2 cm³/mol. The highest BCUT2D eigenvalue weighted by atomic mass is 16.5. The van der Waals surface area contributed by atoms with E-state index >= 15 is 0 Å². The van der Waals surface area contributed by atoms with E-state index < -0.39 is 6.29 Å². The van der Waals surface area contributed by atoms with Crippen LogP contribution in [0.2, 0.25) is 0 Å². The van der Waals surface area contributed by atoms with Crippen molar-refractivity contribution in [1.82, 2.24) is 0 Å². The van der Waals surface area contributed by atoms with Crippen molar-refractivity contribution in [2.75, 3.05) is 5.32 Å². The van der Waals surface area contributed by atoms with Crippen molar-refractivity contribution in [2.45, 2.75) is 25.6 Å². The molecule has 1 amide bonds. The average Bonchev–Trinajstić information content (AvgIpc) is 2.62. The third kappa shape index (κ3) is 4.36. The molecule has 3 aromatic carbocycles. The number of hydrogen-bond acceptors (Lipinski definition) is 3. The Morgan fingerprint density at radius 2 is 1.84 bits per heavy atom. The Kier molecular flexibility index (Phi) is 5.30. The van der Waals surface area contributed by atoms with Crippen LogP contribution in [0.3, 0.4) is 0 Å². The lowest BCUT2D eigenvalue weighted by molar-refractivity contribution is -0.0461. The fraction of sp³-hybridized carbons (Fsp3) is 0.190. The van der Waals surface area contributed by atoms with Gasteiger partial charge in [0.05, 0.1) is 5.56 Å². The van der Waals surface area contributed by atoms with Crippen molar-refractivity contribution in [2.24, 2.45) is 0 Å². The summed E-state index contributed by atoms with van der Waals surface area (Å²) >= 11 is 0. The van der Waals surface area contributed by atoms with Gasteiger partial charge in [-0.3, -0.25) is 4.79 Å². The molecule has 0 aliphatic rings. The SMILES string of the molecule is O=C(Nc1ccc(CCCC(O)O)cc1)c1c#ccc2ccccc12. The van der Waals surface area contributed by atoms with Gasteiger partial charge in [-0.15, -0.1) is 0 Å². The number of nitrogens with one attached hydrogen (secondary N) is 1. The van der Waals surface area contributed by atoms with Crippen LogP contribution in [0.5, 0.6) is 0 Å². The van der Waals surface area contributed by atoms with Gasteiger partial charge in [-0.25, -0.2) is 0 Å². The third-order valence-electron chi connectivity index (χ3n) is 4.02. The first kappa shape index (κ1) is 17.0. The van der Waals surface area contributed by atoms with Crippen LogP contribution in [0.4, 0.5) is 5.69 Å². The molecule has 0 unspecified atom stereocenters. The first-order valence-corrected chi connectivity index (χ1v) is 8.21. The molecule has 3 aromatic rings. The highest BCUT2D eigenvalue weighted by molar-refractivity contribution is 6.12. The van der Waals surface area contributed by atoms with E-state index in [-0.39, 0.29) is 5.91 Å². The van der Waals surface area contributed by atoms with Crippen molar-refractivity contribution in [3.05, 3.63) is 77.9 Å². The van der Waals surface area contributed by atoms with E-state index in [0.29, 0.717) is 24.1 Å². The quantitative estimate of drug-likeness (QED) is 0.606. The third-order valence-corrected chi connectivity index (χ3v) is 4.02. The average molecular weight is 333 g/mol. The molecule has 0 saturated carbocycles. The van der Waals surface area contributed by atoms with E-state index in [1.54, 1.807) is 0 Å². The number of rotatable bonds is 6. The summed E-state index contributed by atoms with van der Waals surface area (Å²) in [5, 5.41) is 22.4. The Bertz CT molecular complexity index is 851. The van der Waals surface area contributed by atoms with Gasteiger partial charge in [0.15, 0.2) is 6.29 Å². The summed E-state index contributed by atoms with van der Waals surface area (Å²) in [4.78, 5) is 12.5. The zero-order chi connectivity index (χ0) is 17.6. The van der Waals surface area contributed by atoms with Gasteiger partial charge in [-0.05, 0) is 48.4 Å². The Labute approximate surface area is 146 Å².